The van der Waals surface area contributed by atoms with E-state index in [1.54, 1.807) is 11.3 Å². The van der Waals surface area contributed by atoms with Crippen LogP contribution in [0.2, 0.25) is 0 Å². The Morgan fingerprint density at radius 3 is 2.70 bits per heavy atom. The molecule has 7 heteroatoms. The molecule has 2 heterocycles. The summed E-state index contributed by atoms with van der Waals surface area (Å²) < 4.78 is 1.97. The van der Waals surface area contributed by atoms with Crippen LogP contribution >= 0.6 is 35.3 Å². The summed E-state index contributed by atoms with van der Waals surface area (Å²) in [4.78, 5) is 7.94. The summed E-state index contributed by atoms with van der Waals surface area (Å²) in [5, 5.41) is 9.99. The molecule has 1 N–H and O–H groups in total. The molecule has 0 fully saturated rings. The molecule has 0 aliphatic heterocycles. The van der Waals surface area contributed by atoms with Crippen LogP contribution in [0.1, 0.15) is 16.0 Å². The first-order valence-electron chi connectivity index (χ1n) is 8.74. The fraction of sp³-hybridized carbons (Fsp3) is 0.300. The molecule has 0 spiro atoms. The lowest BCUT2D eigenvalue weighted by molar-refractivity contribution is 0.486. The van der Waals surface area contributed by atoms with Gasteiger partial charge >= 0.3 is 0 Å². The van der Waals surface area contributed by atoms with Gasteiger partial charge < -0.3 is 10.2 Å². The summed E-state index contributed by atoms with van der Waals surface area (Å²) in [6.07, 6.45) is 5.03. The van der Waals surface area contributed by atoms with Crippen molar-refractivity contribution in [3.05, 3.63) is 76.2 Å². The Labute approximate surface area is 182 Å². The maximum atomic E-state index is 4.45. The van der Waals surface area contributed by atoms with Gasteiger partial charge in [0.2, 0.25) is 0 Å². The molecule has 0 aliphatic rings. The molecule has 0 saturated heterocycles. The van der Waals surface area contributed by atoms with Crippen molar-refractivity contribution >= 4 is 41.3 Å². The number of benzene rings is 1. The van der Waals surface area contributed by atoms with Crippen molar-refractivity contribution in [2.75, 3.05) is 20.6 Å². The lowest BCUT2D eigenvalue weighted by Crippen LogP contribution is -2.39. The Morgan fingerprint density at radius 1 is 1.19 bits per heavy atom. The Kier molecular flexibility index (Phi) is 8.80. The quantitative estimate of drug-likeness (QED) is 0.308. The minimum Gasteiger partial charge on any atom is -0.352 e. The van der Waals surface area contributed by atoms with Gasteiger partial charge in [-0.3, -0.25) is 9.67 Å². The molecule has 0 aliphatic carbocycles. The van der Waals surface area contributed by atoms with Gasteiger partial charge in [0, 0.05) is 43.8 Å². The maximum Gasteiger partial charge on any atom is 0.193 e. The minimum atomic E-state index is 0. The first-order chi connectivity index (χ1) is 12.7. The van der Waals surface area contributed by atoms with Crippen LogP contribution in [0.4, 0.5) is 0 Å². The third kappa shape index (κ3) is 6.66. The highest BCUT2D eigenvalue weighted by molar-refractivity contribution is 14.0. The van der Waals surface area contributed by atoms with E-state index in [4.69, 9.17) is 0 Å². The van der Waals surface area contributed by atoms with Crippen molar-refractivity contribution in [3.63, 3.8) is 0 Å². The van der Waals surface area contributed by atoms with Gasteiger partial charge in [0.15, 0.2) is 5.96 Å². The fourth-order valence-corrected chi connectivity index (χ4v) is 3.46. The van der Waals surface area contributed by atoms with Crippen LogP contribution in [0, 0.1) is 0 Å². The van der Waals surface area contributed by atoms with E-state index in [2.05, 4.69) is 75.3 Å². The molecule has 144 valence electrons. The first-order valence-corrected chi connectivity index (χ1v) is 9.62. The van der Waals surface area contributed by atoms with E-state index in [0.717, 1.165) is 31.0 Å². The molecule has 5 nitrogen and oxygen atoms in total. The van der Waals surface area contributed by atoms with E-state index in [-0.39, 0.29) is 24.0 Å². The highest BCUT2D eigenvalue weighted by Crippen LogP contribution is 2.09. The average Bonchev–Trinajstić information content (AvgIpc) is 3.33. The third-order valence-electron chi connectivity index (χ3n) is 4.17. The zero-order chi connectivity index (χ0) is 18.2. The van der Waals surface area contributed by atoms with Crippen LogP contribution in [0.5, 0.6) is 0 Å². The summed E-state index contributed by atoms with van der Waals surface area (Å²) >= 11 is 1.80. The van der Waals surface area contributed by atoms with Crippen molar-refractivity contribution in [1.82, 2.24) is 20.0 Å². The van der Waals surface area contributed by atoms with Crippen molar-refractivity contribution in [2.24, 2.45) is 4.99 Å². The summed E-state index contributed by atoms with van der Waals surface area (Å²) in [7, 11) is 3.89. The normalized spacial score (nSPS) is 11.1. The van der Waals surface area contributed by atoms with Crippen LogP contribution < -0.4 is 5.32 Å². The smallest absolute Gasteiger partial charge is 0.193 e. The Bertz CT molecular complexity index is 814. The van der Waals surface area contributed by atoms with Gasteiger partial charge in [-0.05, 0) is 23.4 Å². The lowest BCUT2D eigenvalue weighted by Gasteiger charge is -2.21. The van der Waals surface area contributed by atoms with Crippen molar-refractivity contribution < 1.29 is 0 Å². The maximum absolute atomic E-state index is 4.45. The first kappa shape index (κ1) is 21.4. The second-order valence-corrected chi connectivity index (χ2v) is 7.22. The van der Waals surface area contributed by atoms with Gasteiger partial charge in [-0.2, -0.15) is 5.10 Å². The topological polar surface area (TPSA) is 45.5 Å². The van der Waals surface area contributed by atoms with Crippen LogP contribution in [-0.2, 0) is 19.5 Å². The summed E-state index contributed by atoms with van der Waals surface area (Å²) in [6, 6.07) is 14.6. The molecule has 1 aromatic carbocycles. The number of nitrogens with zero attached hydrogens (tertiary/aromatic N) is 4. The highest BCUT2D eigenvalue weighted by atomic mass is 127. The van der Waals surface area contributed by atoms with E-state index in [1.807, 2.05) is 24.0 Å². The molecule has 0 bridgehead atoms. The molecule has 0 radical (unpaired) electrons. The summed E-state index contributed by atoms with van der Waals surface area (Å²) in [6.45, 7) is 2.44. The van der Waals surface area contributed by atoms with Crippen molar-refractivity contribution in [3.8, 4) is 0 Å². The number of aromatic nitrogens is 2. The molecule has 3 aromatic rings. The number of rotatable bonds is 7. The van der Waals surface area contributed by atoms with Gasteiger partial charge in [0.05, 0.1) is 12.7 Å². The second kappa shape index (κ2) is 11.1. The molecule has 0 atom stereocenters. The van der Waals surface area contributed by atoms with Crippen molar-refractivity contribution in [2.45, 2.75) is 19.5 Å². The number of guanidine groups is 1. The molecular formula is C20H26IN5S. The van der Waals surface area contributed by atoms with Gasteiger partial charge in [-0.25, -0.2) is 0 Å². The number of thiophene rings is 1. The SMILES string of the molecule is CN=C(NCc1cnn(Cc2ccccc2)c1)N(C)CCc1cccs1.I. The van der Waals surface area contributed by atoms with Crippen LogP contribution in [0.25, 0.3) is 0 Å². The molecular weight excluding hydrogens is 469 g/mol. The van der Waals surface area contributed by atoms with Crippen molar-refractivity contribution in [1.29, 1.82) is 0 Å². The van der Waals surface area contributed by atoms with E-state index in [9.17, 15) is 0 Å². The van der Waals surface area contributed by atoms with Crippen LogP contribution in [-0.4, -0.2) is 41.3 Å². The summed E-state index contributed by atoms with van der Waals surface area (Å²) in [5.41, 5.74) is 2.40. The third-order valence-corrected chi connectivity index (χ3v) is 5.11. The number of halogens is 1. The number of likely N-dealkylation sites (N-methyl/N-ethyl adjacent to an activating group) is 1. The number of hydrogen-bond acceptors (Lipinski definition) is 3. The number of hydrogen-bond donors (Lipinski definition) is 1. The molecule has 3 rings (SSSR count). The van der Waals surface area contributed by atoms with Gasteiger partial charge in [0.25, 0.3) is 0 Å². The largest absolute Gasteiger partial charge is 0.352 e. The summed E-state index contributed by atoms with van der Waals surface area (Å²) in [5.74, 6) is 0.900. The number of aliphatic imine (C=N–C) groups is 1. The molecule has 2 aromatic heterocycles. The average molecular weight is 495 g/mol. The zero-order valence-corrected chi connectivity index (χ0v) is 18.9. The second-order valence-electron chi connectivity index (χ2n) is 6.18. The Morgan fingerprint density at radius 2 is 2.00 bits per heavy atom. The Hall–Kier alpha value is -1.87. The number of nitrogens with one attached hydrogen (secondary N) is 1. The molecule has 0 amide bonds. The highest BCUT2D eigenvalue weighted by Gasteiger charge is 2.07. The molecule has 0 saturated carbocycles. The van der Waals surface area contributed by atoms with E-state index in [1.165, 1.54) is 10.4 Å². The lowest BCUT2D eigenvalue weighted by atomic mass is 10.2. The minimum absolute atomic E-state index is 0. The van der Waals surface area contributed by atoms with Crippen LogP contribution in [0.3, 0.4) is 0 Å². The zero-order valence-electron chi connectivity index (χ0n) is 15.7. The monoisotopic (exact) mass is 495 g/mol. The fourth-order valence-electron chi connectivity index (χ4n) is 2.76. The van der Waals surface area contributed by atoms with E-state index < -0.39 is 0 Å². The Balaban J connectivity index is 0.00000261. The van der Waals surface area contributed by atoms with Gasteiger partial charge in [-0.1, -0.05) is 36.4 Å². The molecule has 0 unspecified atom stereocenters. The van der Waals surface area contributed by atoms with Gasteiger partial charge in [-0.15, -0.1) is 35.3 Å². The molecule has 27 heavy (non-hydrogen) atoms. The standard InChI is InChI=1S/C20H25N5S.HI/c1-21-20(24(2)11-10-19-9-6-12-26-19)22-13-18-14-23-25(16-18)15-17-7-4-3-5-8-17;/h3-9,12,14,16H,10-11,13,15H2,1-2H3,(H,21,22);1H. The van der Waals surface area contributed by atoms with Crippen LogP contribution in [0.15, 0.2) is 65.2 Å². The van der Waals surface area contributed by atoms with Gasteiger partial charge in [0.1, 0.15) is 0 Å². The van der Waals surface area contributed by atoms with E-state index >= 15 is 0 Å². The van der Waals surface area contributed by atoms with E-state index in [0.29, 0.717) is 6.54 Å². The predicted octanol–water partition coefficient (Wildman–Crippen LogP) is 3.86. The predicted molar refractivity (Wildman–Crippen MR) is 124 cm³/mol.